The second-order valence-corrected chi connectivity index (χ2v) is 6.90. The number of carboxylic acid groups (broad SMARTS) is 1. The van der Waals surface area contributed by atoms with E-state index in [0.29, 0.717) is 11.3 Å². The maximum Gasteiger partial charge on any atom is 0.327 e. The lowest BCUT2D eigenvalue weighted by Gasteiger charge is -2.29. The molecule has 1 aromatic rings. The molecule has 2 unspecified atom stereocenters. The molecule has 1 N–H and O–H groups in total. The molecule has 1 aromatic heterocycles. The number of aryl methyl sites for hydroxylation is 1. The number of hydrogen-bond donors (Lipinski definition) is 1. The van der Waals surface area contributed by atoms with E-state index in [1.165, 1.54) is 11.3 Å². The number of carboxylic acids is 1. The molecule has 1 aliphatic heterocycles. The lowest BCUT2D eigenvalue weighted by Crippen LogP contribution is -2.47. The van der Waals surface area contributed by atoms with Crippen LogP contribution in [0.2, 0.25) is 0 Å². The normalized spacial score (nSPS) is 23.1. The molecule has 1 aliphatic rings. The van der Waals surface area contributed by atoms with Crippen molar-refractivity contribution in [1.29, 1.82) is 0 Å². The third-order valence-electron chi connectivity index (χ3n) is 3.21. The largest absolute Gasteiger partial charge is 0.480 e. The van der Waals surface area contributed by atoms with Crippen molar-refractivity contribution >= 4 is 35.0 Å². The van der Waals surface area contributed by atoms with Crippen molar-refractivity contribution in [2.24, 2.45) is 5.92 Å². The van der Waals surface area contributed by atoms with E-state index in [0.717, 1.165) is 5.56 Å². The number of rotatable bonds is 3. The zero-order valence-corrected chi connectivity index (χ0v) is 12.8. The number of carbonyl (C=O) groups excluding carboxylic acids is 1. The summed E-state index contributed by atoms with van der Waals surface area (Å²) < 4.78 is 0. The van der Waals surface area contributed by atoms with E-state index in [-0.39, 0.29) is 17.2 Å². The fraction of sp³-hybridized carbons (Fsp3) is 0.538. The average Bonchev–Trinajstić information content (AvgIpc) is 2.93. The third kappa shape index (κ3) is 2.65. The van der Waals surface area contributed by atoms with Crippen molar-refractivity contribution in [3.8, 4) is 0 Å². The summed E-state index contributed by atoms with van der Waals surface area (Å²) in [6, 6.07) is -0.718. The number of nitrogens with zero attached hydrogens (tertiary/aromatic N) is 1. The van der Waals surface area contributed by atoms with Crippen molar-refractivity contribution in [2.45, 2.75) is 32.2 Å². The van der Waals surface area contributed by atoms with Crippen LogP contribution < -0.4 is 0 Å². The molecule has 6 heteroatoms. The predicted molar refractivity (Wildman–Crippen MR) is 77.7 cm³/mol. The zero-order chi connectivity index (χ0) is 14.2. The Morgan fingerprint density at radius 2 is 2.11 bits per heavy atom. The summed E-state index contributed by atoms with van der Waals surface area (Å²) in [6.07, 6.45) is 0. The number of aliphatic carboxylic acids is 1. The summed E-state index contributed by atoms with van der Waals surface area (Å²) in [5.74, 6) is -0.378. The van der Waals surface area contributed by atoms with E-state index < -0.39 is 12.0 Å². The SMILES string of the molecule is Cc1cscc1C(=O)N1C(C(=O)O)CSC1C(C)C. The first kappa shape index (κ1) is 14.4. The Labute approximate surface area is 120 Å². The first-order chi connectivity index (χ1) is 8.93. The Hall–Kier alpha value is -1.01. The van der Waals surface area contributed by atoms with Crippen LogP contribution in [0, 0.1) is 12.8 Å². The van der Waals surface area contributed by atoms with Gasteiger partial charge in [-0.25, -0.2) is 4.79 Å². The van der Waals surface area contributed by atoms with Crippen molar-refractivity contribution in [3.05, 3.63) is 21.9 Å². The molecule has 0 radical (unpaired) electrons. The molecule has 104 valence electrons. The van der Waals surface area contributed by atoms with Gasteiger partial charge in [0.25, 0.3) is 5.91 Å². The lowest BCUT2D eigenvalue weighted by atomic mass is 10.1. The molecule has 0 aliphatic carbocycles. The summed E-state index contributed by atoms with van der Waals surface area (Å²) in [5, 5.41) is 12.9. The second kappa shape index (κ2) is 5.54. The third-order valence-corrected chi connectivity index (χ3v) is 5.69. The maximum absolute atomic E-state index is 12.6. The minimum atomic E-state index is -0.920. The van der Waals surface area contributed by atoms with Gasteiger partial charge in [-0.05, 0) is 23.8 Å². The molecule has 1 amide bonds. The van der Waals surface area contributed by atoms with Gasteiger partial charge >= 0.3 is 5.97 Å². The number of thioether (sulfide) groups is 1. The standard InChI is InChI=1S/C13H17NO3S2/c1-7(2)12-14(10(6-19-12)13(16)17)11(15)9-5-18-4-8(9)3/h4-5,7,10,12H,6H2,1-3H3,(H,16,17). The van der Waals surface area contributed by atoms with Crippen molar-refractivity contribution in [1.82, 2.24) is 4.90 Å². The Kier molecular flexibility index (Phi) is 4.20. The van der Waals surface area contributed by atoms with E-state index >= 15 is 0 Å². The monoisotopic (exact) mass is 299 g/mol. The van der Waals surface area contributed by atoms with Gasteiger partial charge < -0.3 is 10.0 Å². The number of thiophene rings is 1. The summed E-state index contributed by atoms with van der Waals surface area (Å²) in [7, 11) is 0. The van der Waals surface area contributed by atoms with Gasteiger partial charge in [-0.3, -0.25) is 4.79 Å². The fourth-order valence-electron chi connectivity index (χ4n) is 2.21. The molecule has 2 rings (SSSR count). The molecule has 0 spiro atoms. The van der Waals surface area contributed by atoms with Gasteiger partial charge in [-0.1, -0.05) is 13.8 Å². The molecule has 19 heavy (non-hydrogen) atoms. The van der Waals surface area contributed by atoms with Crippen LogP contribution in [0.3, 0.4) is 0 Å². The first-order valence-corrected chi connectivity index (χ1v) is 8.12. The minimum Gasteiger partial charge on any atom is -0.480 e. The molecule has 0 saturated carbocycles. The molecule has 4 nitrogen and oxygen atoms in total. The molecular weight excluding hydrogens is 282 g/mol. The highest BCUT2D eigenvalue weighted by atomic mass is 32.2. The fourth-order valence-corrected chi connectivity index (χ4v) is 4.50. The van der Waals surface area contributed by atoms with E-state index in [1.807, 2.05) is 26.2 Å². The highest BCUT2D eigenvalue weighted by molar-refractivity contribution is 8.00. The highest BCUT2D eigenvalue weighted by Gasteiger charge is 2.43. The van der Waals surface area contributed by atoms with E-state index in [4.69, 9.17) is 0 Å². The van der Waals surface area contributed by atoms with E-state index in [1.54, 1.807) is 22.0 Å². The van der Waals surface area contributed by atoms with Crippen LogP contribution in [0.15, 0.2) is 10.8 Å². The van der Waals surface area contributed by atoms with Gasteiger partial charge in [0.2, 0.25) is 0 Å². The summed E-state index contributed by atoms with van der Waals surface area (Å²) in [5.41, 5.74) is 1.54. The number of carbonyl (C=O) groups is 2. The van der Waals surface area contributed by atoms with Gasteiger partial charge in [-0.2, -0.15) is 11.3 Å². The van der Waals surface area contributed by atoms with Crippen molar-refractivity contribution in [2.75, 3.05) is 5.75 Å². The van der Waals surface area contributed by atoms with Crippen LogP contribution in [-0.2, 0) is 4.79 Å². The van der Waals surface area contributed by atoms with Gasteiger partial charge in [0.1, 0.15) is 6.04 Å². The smallest absolute Gasteiger partial charge is 0.327 e. The Balaban J connectivity index is 2.34. The van der Waals surface area contributed by atoms with Crippen LogP contribution in [0.1, 0.15) is 29.8 Å². The van der Waals surface area contributed by atoms with Gasteiger partial charge in [0, 0.05) is 11.1 Å². The quantitative estimate of drug-likeness (QED) is 0.932. The Morgan fingerprint density at radius 3 is 2.58 bits per heavy atom. The van der Waals surface area contributed by atoms with Crippen LogP contribution in [-0.4, -0.2) is 39.1 Å². The maximum atomic E-state index is 12.6. The topological polar surface area (TPSA) is 57.6 Å². The highest BCUT2D eigenvalue weighted by Crippen LogP contribution is 2.35. The molecule has 2 atom stereocenters. The molecule has 1 fully saturated rings. The first-order valence-electron chi connectivity index (χ1n) is 6.13. The van der Waals surface area contributed by atoms with Crippen LogP contribution in [0.5, 0.6) is 0 Å². The van der Waals surface area contributed by atoms with Gasteiger partial charge in [-0.15, -0.1) is 11.8 Å². The minimum absolute atomic E-state index is 0.0621. The second-order valence-electron chi connectivity index (χ2n) is 5.00. The number of amides is 1. The lowest BCUT2D eigenvalue weighted by molar-refractivity contribution is -0.141. The summed E-state index contributed by atoms with van der Waals surface area (Å²) in [4.78, 5) is 25.5. The molecular formula is C13H17NO3S2. The Morgan fingerprint density at radius 1 is 1.42 bits per heavy atom. The van der Waals surface area contributed by atoms with E-state index in [2.05, 4.69) is 0 Å². The molecule has 0 bridgehead atoms. The number of hydrogen-bond acceptors (Lipinski definition) is 4. The zero-order valence-electron chi connectivity index (χ0n) is 11.1. The van der Waals surface area contributed by atoms with Crippen LogP contribution in [0.4, 0.5) is 0 Å². The van der Waals surface area contributed by atoms with E-state index in [9.17, 15) is 14.7 Å². The molecule has 1 saturated heterocycles. The average molecular weight is 299 g/mol. The predicted octanol–water partition coefficient (Wildman–Crippen LogP) is 2.68. The van der Waals surface area contributed by atoms with Crippen molar-refractivity contribution in [3.63, 3.8) is 0 Å². The van der Waals surface area contributed by atoms with Crippen molar-refractivity contribution < 1.29 is 14.7 Å². The Bertz CT molecular complexity index is 498. The molecule has 0 aromatic carbocycles. The van der Waals surface area contributed by atoms with Gasteiger partial charge in [0.05, 0.1) is 10.9 Å². The van der Waals surface area contributed by atoms with Crippen LogP contribution in [0.25, 0.3) is 0 Å². The van der Waals surface area contributed by atoms with Crippen LogP contribution >= 0.6 is 23.1 Å². The summed E-state index contributed by atoms with van der Waals surface area (Å²) in [6.45, 7) is 5.92. The molecule has 2 heterocycles. The summed E-state index contributed by atoms with van der Waals surface area (Å²) >= 11 is 3.02. The van der Waals surface area contributed by atoms with Gasteiger partial charge in [0.15, 0.2) is 0 Å².